The third-order valence-electron chi connectivity index (χ3n) is 1.64. The van der Waals surface area contributed by atoms with Crippen molar-refractivity contribution in [2.75, 3.05) is 0 Å². The molecule has 0 saturated carbocycles. The third-order valence-corrected chi connectivity index (χ3v) is 2.80. The number of carboxylic acid groups (broad SMARTS) is 1. The molecule has 0 aliphatic rings. The quantitative estimate of drug-likeness (QED) is 0.660. The summed E-state index contributed by atoms with van der Waals surface area (Å²) >= 11 is 12.3. The van der Waals surface area contributed by atoms with Gasteiger partial charge < -0.3 is 5.11 Å². The zero-order valence-corrected chi connectivity index (χ0v) is 11.0. The standard InChI is InChI=1S/C8H6Br2ClNO2/c1-3-2-4(8(13)14)7(11)12-5(3)6(9)10/h2,6H,1H3,(H,13,14). The molecule has 0 aromatic carbocycles. The fraction of sp³-hybridized carbons (Fsp3) is 0.250. The molecule has 6 heteroatoms. The van der Waals surface area contributed by atoms with E-state index in [1.54, 1.807) is 6.92 Å². The lowest BCUT2D eigenvalue weighted by atomic mass is 10.2. The number of alkyl halides is 2. The topological polar surface area (TPSA) is 50.2 Å². The van der Waals surface area contributed by atoms with E-state index in [2.05, 4.69) is 36.8 Å². The van der Waals surface area contributed by atoms with Crippen molar-refractivity contribution in [3.8, 4) is 0 Å². The highest BCUT2D eigenvalue weighted by atomic mass is 79.9. The number of hydrogen-bond donors (Lipinski definition) is 1. The lowest BCUT2D eigenvalue weighted by Gasteiger charge is -2.08. The van der Waals surface area contributed by atoms with Crippen LogP contribution >= 0.6 is 43.5 Å². The number of aryl methyl sites for hydroxylation is 1. The van der Waals surface area contributed by atoms with Gasteiger partial charge in [0.1, 0.15) is 8.89 Å². The monoisotopic (exact) mass is 341 g/mol. The molecule has 0 unspecified atom stereocenters. The van der Waals surface area contributed by atoms with Gasteiger partial charge in [-0.25, -0.2) is 9.78 Å². The molecule has 76 valence electrons. The summed E-state index contributed by atoms with van der Waals surface area (Å²) in [6, 6.07) is 1.50. The highest BCUT2D eigenvalue weighted by Gasteiger charge is 2.16. The molecule has 0 spiro atoms. The Morgan fingerprint density at radius 1 is 1.64 bits per heavy atom. The summed E-state index contributed by atoms with van der Waals surface area (Å²) in [7, 11) is 0. The van der Waals surface area contributed by atoms with Gasteiger partial charge in [0.25, 0.3) is 0 Å². The first-order valence-electron chi connectivity index (χ1n) is 3.62. The van der Waals surface area contributed by atoms with Crippen LogP contribution in [0.1, 0.15) is 25.4 Å². The smallest absolute Gasteiger partial charge is 0.338 e. The predicted molar refractivity (Wildman–Crippen MR) is 61.5 cm³/mol. The summed E-state index contributed by atoms with van der Waals surface area (Å²) in [6.45, 7) is 1.78. The maximum atomic E-state index is 10.7. The zero-order chi connectivity index (χ0) is 10.9. The number of aromatic nitrogens is 1. The van der Waals surface area contributed by atoms with Gasteiger partial charge in [-0.1, -0.05) is 43.5 Å². The summed E-state index contributed by atoms with van der Waals surface area (Å²) in [5, 5.41) is 8.77. The summed E-state index contributed by atoms with van der Waals surface area (Å²) in [5.74, 6) is -1.07. The van der Waals surface area contributed by atoms with Gasteiger partial charge in [0, 0.05) is 0 Å². The fourth-order valence-corrected chi connectivity index (χ4v) is 2.13. The number of nitrogens with zero attached hydrogens (tertiary/aromatic N) is 1. The molecule has 3 nitrogen and oxygen atoms in total. The summed E-state index contributed by atoms with van der Waals surface area (Å²) in [4.78, 5) is 14.7. The molecule has 1 rings (SSSR count). The van der Waals surface area contributed by atoms with E-state index in [0.717, 1.165) is 5.56 Å². The first-order chi connectivity index (χ1) is 6.43. The van der Waals surface area contributed by atoms with Crippen LogP contribution in [-0.2, 0) is 0 Å². The van der Waals surface area contributed by atoms with Crippen molar-refractivity contribution in [1.82, 2.24) is 4.98 Å². The molecular formula is C8H6Br2ClNO2. The minimum atomic E-state index is -1.07. The minimum absolute atomic E-state index is 0.00185. The lowest BCUT2D eigenvalue weighted by Crippen LogP contribution is -2.03. The highest BCUT2D eigenvalue weighted by molar-refractivity contribution is 9.24. The van der Waals surface area contributed by atoms with Crippen LogP contribution in [0.3, 0.4) is 0 Å². The van der Waals surface area contributed by atoms with Crippen LogP contribution < -0.4 is 0 Å². The normalized spacial score (nSPS) is 10.6. The molecule has 1 heterocycles. The van der Waals surface area contributed by atoms with E-state index in [1.165, 1.54) is 6.07 Å². The molecule has 0 amide bonds. The van der Waals surface area contributed by atoms with Gasteiger partial charge in [-0.2, -0.15) is 0 Å². The largest absolute Gasteiger partial charge is 0.478 e. The molecular weight excluding hydrogens is 337 g/mol. The first kappa shape index (κ1) is 11.9. The predicted octanol–water partition coefficient (Wildman–Crippen LogP) is 3.53. The molecule has 1 aromatic rings. The molecule has 0 saturated heterocycles. The second kappa shape index (κ2) is 4.59. The maximum absolute atomic E-state index is 10.7. The van der Waals surface area contributed by atoms with E-state index >= 15 is 0 Å². The molecule has 0 aliphatic heterocycles. The van der Waals surface area contributed by atoms with Crippen molar-refractivity contribution in [2.24, 2.45) is 0 Å². The lowest BCUT2D eigenvalue weighted by molar-refractivity contribution is 0.0696. The van der Waals surface area contributed by atoms with E-state index in [1.807, 2.05) is 0 Å². The molecule has 1 aromatic heterocycles. The first-order valence-corrected chi connectivity index (χ1v) is 5.83. The Labute approximate surface area is 103 Å². The Hall–Kier alpha value is -0.130. The van der Waals surface area contributed by atoms with E-state index < -0.39 is 5.97 Å². The van der Waals surface area contributed by atoms with Gasteiger partial charge in [-0.05, 0) is 18.6 Å². The van der Waals surface area contributed by atoms with Crippen molar-refractivity contribution in [2.45, 2.75) is 10.7 Å². The molecule has 1 N–H and O–H groups in total. The number of carboxylic acids is 1. The Morgan fingerprint density at radius 2 is 2.21 bits per heavy atom. The third kappa shape index (κ3) is 2.46. The number of halogens is 3. The van der Waals surface area contributed by atoms with Crippen LogP contribution in [0.5, 0.6) is 0 Å². The summed E-state index contributed by atoms with van der Waals surface area (Å²) in [6.07, 6.45) is 0. The van der Waals surface area contributed by atoms with Crippen molar-refractivity contribution >= 4 is 49.4 Å². The minimum Gasteiger partial charge on any atom is -0.478 e. The van der Waals surface area contributed by atoms with Gasteiger partial charge in [-0.3, -0.25) is 0 Å². The highest BCUT2D eigenvalue weighted by Crippen LogP contribution is 2.31. The van der Waals surface area contributed by atoms with Crippen LogP contribution in [0.25, 0.3) is 0 Å². The van der Waals surface area contributed by atoms with Crippen LogP contribution in [0.4, 0.5) is 0 Å². The second-order valence-electron chi connectivity index (χ2n) is 2.63. The average Bonchev–Trinajstić information content (AvgIpc) is 2.07. The SMILES string of the molecule is Cc1cc(C(=O)O)c(Cl)nc1C(Br)Br. The molecule has 0 bridgehead atoms. The van der Waals surface area contributed by atoms with Crippen molar-refractivity contribution in [3.63, 3.8) is 0 Å². The molecule has 14 heavy (non-hydrogen) atoms. The zero-order valence-electron chi connectivity index (χ0n) is 7.09. The van der Waals surface area contributed by atoms with Gasteiger partial charge in [-0.15, -0.1) is 0 Å². The maximum Gasteiger partial charge on any atom is 0.338 e. The number of rotatable bonds is 2. The molecule has 0 fully saturated rings. The van der Waals surface area contributed by atoms with Gasteiger partial charge in [0.15, 0.2) is 0 Å². The molecule has 0 radical (unpaired) electrons. The molecule has 0 aliphatic carbocycles. The van der Waals surface area contributed by atoms with Crippen molar-refractivity contribution in [3.05, 3.63) is 28.0 Å². The Bertz CT molecular complexity index is 382. The molecule has 0 atom stereocenters. The summed E-state index contributed by atoms with van der Waals surface area (Å²) < 4.78 is -0.129. The number of aromatic carboxylic acids is 1. The van der Waals surface area contributed by atoms with Gasteiger partial charge in [0.2, 0.25) is 0 Å². The Morgan fingerprint density at radius 3 is 2.64 bits per heavy atom. The van der Waals surface area contributed by atoms with Crippen LogP contribution in [0, 0.1) is 6.92 Å². The second-order valence-corrected chi connectivity index (χ2v) is 6.05. The fourth-order valence-electron chi connectivity index (χ4n) is 0.975. The van der Waals surface area contributed by atoms with Crippen LogP contribution in [0.2, 0.25) is 5.15 Å². The Balaban J connectivity index is 3.31. The number of carbonyl (C=O) groups is 1. The van der Waals surface area contributed by atoms with Crippen molar-refractivity contribution < 1.29 is 9.90 Å². The van der Waals surface area contributed by atoms with Crippen LogP contribution in [0.15, 0.2) is 6.07 Å². The van der Waals surface area contributed by atoms with Crippen molar-refractivity contribution in [1.29, 1.82) is 0 Å². The van der Waals surface area contributed by atoms with Gasteiger partial charge >= 0.3 is 5.97 Å². The summed E-state index contributed by atoms with van der Waals surface area (Å²) in [5.41, 5.74) is 1.47. The van der Waals surface area contributed by atoms with E-state index in [0.29, 0.717) is 5.69 Å². The van der Waals surface area contributed by atoms with E-state index in [-0.39, 0.29) is 14.5 Å². The number of pyridine rings is 1. The van der Waals surface area contributed by atoms with E-state index in [4.69, 9.17) is 16.7 Å². The van der Waals surface area contributed by atoms with E-state index in [9.17, 15) is 4.79 Å². The number of hydrogen-bond acceptors (Lipinski definition) is 2. The van der Waals surface area contributed by atoms with Crippen LogP contribution in [-0.4, -0.2) is 16.1 Å². The van der Waals surface area contributed by atoms with Gasteiger partial charge in [0.05, 0.1) is 11.3 Å². The average molecular weight is 343 g/mol. The Kier molecular flexibility index (Phi) is 3.92.